The second-order valence-corrected chi connectivity index (χ2v) is 10.1. The van der Waals surface area contributed by atoms with Crippen LogP contribution in [0.1, 0.15) is 28.4 Å². The van der Waals surface area contributed by atoms with Gasteiger partial charge in [0.2, 0.25) is 0 Å². The molecule has 1 aliphatic heterocycles. The Hall–Kier alpha value is -2.06. The van der Waals surface area contributed by atoms with E-state index in [9.17, 15) is 8.42 Å². The Morgan fingerprint density at radius 2 is 1.83 bits per heavy atom. The number of hydrogen-bond donors (Lipinski definition) is 1. The van der Waals surface area contributed by atoms with Gasteiger partial charge in [-0.3, -0.25) is 4.72 Å². The first-order chi connectivity index (χ1) is 14.1. The average molecular weight is 465 g/mol. The van der Waals surface area contributed by atoms with Crippen LogP contribution in [0.5, 0.6) is 0 Å². The van der Waals surface area contributed by atoms with Crippen LogP contribution in [0.25, 0.3) is 0 Å². The molecule has 0 bridgehead atoms. The number of imidazole rings is 1. The van der Waals surface area contributed by atoms with Crippen molar-refractivity contribution in [3.63, 3.8) is 0 Å². The lowest BCUT2D eigenvalue weighted by Crippen LogP contribution is -2.31. The molecule has 0 aliphatic carbocycles. The molecular weight excluding hydrogens is 443 g/mol. The molecule has 3 aromatic rings. The highest BCUT2D eigenvalue weighted by Crippen LogP contribution is 2.38. The van der Waals surface area contributed by atoms with Crippen LogP contribution in [0.2, 0.25) is 10.0 Å². The summed E-state index contributed by atoms with van der Waals surface area (Å²) >= 11 is 12.7. The van der Waals surface area contributed by atoms with Crippen LogP contribution in [0.15, 0.2) is 47.6 Å². The molecule has 0 radical (unpaired) electrons. The smallest absolute Gasteiger partial charge is 0.280 e. The molecule has 9 heteroatoms. The number of hydrogen-bond acceptors (Lipinski definition) is 4. The number of aryl methyl sites for hydroxylation is 2. The Kier molecular flexibility index (Phi) is 5.57. The van der Waals surface area contributed by atoms with Gasteiger partial charge in [-0.15, -0.1) is 0 Å². The minimum Gasteiger partial charge on any atom is -0.337 e. The summed E-state index contributed by atoms with van der Waals surface area (Å²) in [7, 11) is 0.0650. The van der Waals surface area contributed by atoms with Crippen LogP contribution < -0.4 is 4.72 Å². The number of halogens is 2. The lowest BCUT2D eigenvalue weighted by molar-refractivity contribution is 0.295. The number of fused-ring (bicyclic) bond motifs is 1. The summed E-state index contributed by atoms with van der Waals surface area (Å²) < 4.78 is 29.5. The summed E-state index contributed by atoms with van der Waals surface area (Å²) in [5.74, 6) is 0.724. The van der Waals surface area contributed by atoms with Crippen LogP contribution >= 0.6 is 23.2 Å². The van der Waals surface area contributed by atoms with Crippen molar-refractivity contribution in [3.05, 3.63) is 75.2 Å². The summed E-state index contributed by atoms with van der Waals surface area (Å²) in [4.78, 5) is 6.32. The van der Waals surface area contributed by atoms with Gasteiger partial charge in [-0.2, -0.15) is 8.42 Å². The maximum Gasteiger partial charge on any atom is 0.280 e. The standard InChI is InChI=1S/C21H22Cl2N4O2S/c1-13-24-21(12-27(13)3)30(28,29)25-16-6-4-14(5-7-16)18-10-26(2)11-19-17(18)8-15(22)9-20(19)23/h4-9,12,18,25H,10-11H2,1-3H3. The number of rotatable bonds is 4. The van der Waals surface area contributed by atoms with Crippen LogP contribution in [0, 0.1) is 6.92 Å². The van der Waals surface area contributed by atoms with Gasteiger partial charge in [0.1, 0.15) is 5.82 Å². The van der Waals surface area contributed by atoms with E-state index in [1.165, 1.54) is 6.20 Å². The third-order valence-corrected chi connectivity index (χ3v) is 7.23. The lowest BCUT2D eigenvalue weighted by Gasteiger charge is -2.33. The molecule has 0 saturated carbocycles. The van der Waals surface area contributed by atoms with Crippen molar-refractivity contribution < 1.29 is 8.42 Å². The monoisotopic (exact) mass is 464 g/mol. The normalized spacial score (nSPS) is 17.0. The number of likely N-dealkylation sites (N-methyl/N-ethyl adjacent to an activating group) is 1. The number of sulfonamides is 1. The molecule has 0 saturated heterocycles. The molecule has 1 aliphatic rings. The molecule has 1 atom stereocenters. The summed E-state index contributed by atoms with van der Waals surface area (Å²) in [6.07, 6.45) is 1.49. The fourth-order valence-electron chi connectivity index (χ4n) is 3.78. The highest BCUT2D eigenvalue weighted by atomic mass is 35.5. The van der Waals surface area contributed by atoms with E-state index < -0.39 is 10.0 Å². The average Bonchev–Trinajstić information content (AvgIpc) is 3.02. The summed E-state index contributed by atoms with van der Waals surface area (Å²) in [6, 6.07) is 11.1. The number of aromatic nitrogens is 2. The van der Waals surface area contributed by atoms with E-state index in [2.05, 4.69) is 21.7 Å². The summed E-state index contributed by atoms with van der Waals surface area (Å²) in [6.45, 7) is 3.34. The second kappa shape index (κ2) is 7.89. The van der Waals surface area contributed by atoms with Gasteiger partial charge in [-0.25, -0.2) is 4.98 Å². The molecule has 1 unspecified atom stereocenters. The van der Waals surface area contributed by atoms with Crippen molar-refractivity contribution in [2.24, 2.45) is 7.05 Å². The largest absolute Gasteiger partial charge is 0.337 e. The summed E-state index contributed by atoms with van der Waals surface area (Å²) in [5.41, 5.74) is 3.74. The maximum atomic E-state index is 12.6. The minimum atomic E-state index is -3.75. The molecule has 1 N–H and O–H groups in total. The van der Waals surface area contributed by atoms with Gasteiger partial charge in [0.15, 0.2) is 5.03 Å². The molecule has 4 rings (SSSR count). The van der Waals surface area contributed by atoms with Crippen molar-refractivity contribution in [2.45, 2.75) is 24.4 Å². The maximum absolute atomic E-state index is 12.6. The van der Waals surface area contributed by atoms with Gasteiger partial charge < -0.3 is 9.47 Å². The molecule has 2 aromatic carbocycles. The zero-order valence-corrected chi connectivity index (χ0v) is 19.2. The predicted octanol–water partition coefficient (Wildman–Crippen LogP) is 4.41. The number of anilines is 1. The van der Waals surface area contributed by atoms with Gasteiger partial charge in [0.05, 0.1) is 0 Å². The van der Waals surface area contributed by atoms with Crippen molar-refractivity contribution >= 4 is 38.9 Å². The van der Waals surface area contributed by atoms with E-state index in [4.69, 9.17) is 23.2 Å². The first-order valence-electron chi connectivity index (χ1n) is 9.43. The molecular formula is C21H22Cl2N4O2S. The van der Waals surface area contributed by atoms with Crippen LogP contribution in [0.4, 0.5) is 5.69 Å². The van der Waals surface area contributed by atoms with Gasteiger partial charge in [-0.05, 0) is 54.9 Å². The van der Waals surface area contributed by atoms with E-state index in [0.29, 0.717) is 21.6 Å². The van der Waals surface area contributed by atoms with E-state index >= 15 is 0 Å². The first kappa shape index (κ1) is 21.2. The molecule has 0 spiro atoms. The highest BCUT2D eigenvalue weighted by molar-refractivity contribution is 7.92. The molecule has 1 aromatic heterocycles. The van der Waals surface area contributed by atoms with E-state index in [0.717, 1.165) is 29.8 Å². The van der Waals surface area contributed by atoms with Crippen molar-refractivity contribution in [1.82, 2.24) is 14.5 Å². The molecule has 0 amide bonds. The van der Waals surface area contributed by atoms with Crippen LogP contribution in [0.3, 0.4) is 0 Å². The third kappa shape index (κ3) is 4.07. The van der Waals surface area contributed by atoms with E-state index in [-0.39, 0.29) is 10.9 Å². The van der Waals surface area contributed by atoms with Crippen molar-refractivity contribution in [1.29, 1.82) is 0 Å². The molecule has 158 valence electrons. The zero-order valence-electron chi connectivity index (χ0n) is 16.9. The van der Waals surface area contributed by atoms with Gasteiger partial charge in [0, 0.05) is 48.0 Å². The SMILES string of the molecule is Cc1nc(S(=O)(=O)Nc2ccc(C3CN(C)Cc4c(Cl)cc(Cl)cc43)cc2)cn1C. The fourth-order valence-corrected chi connectivity index (χ4v) is 5.45. The lowest BCUT2D eigenvalue weighted by atomic mass is 9.85. The fraction of sp³-hybridized carbons (Fsp3) is 0.286. The quantitative estimate of drug-likeness (QED) is 0.620. The Morgan fingerprint density at radius 3 is 2.47 bits per heavy atom. The Balaban J connectivity index is 1.62. The van der Waals surface area contributed by atoms with Crippen LogP contribution in [-0.2, 0) is 23.6 Å². The Morgan fingerprint density at radius 1 is 1.13 bits per heavy atom. The number of nitrogens with one attached hydrogen (secondary N) is 1. The topological polar surface area (TPSA) is 67.2 Å². The predicted molar refractivity (Wildman–Crippen MR) is 120 cm³/mol. The van der Waals surface area contributed by atoms with Crippen molar-refractivity contribution in [3.8, 4) is 0 Å². The van der Waals surface area contributed by atoms with E-state index in [1.807, 2.05) is 18.2 Å². The molecule has 0 fully saturated rings. The number of benzene rings is 2. The van der Waals surface area contributed by atoms with Crippen molar-refractivity contribution in [2.75, 3.05) is 18.3 Å². The minimum absolute atomic E-state index is 0.00121. The number of nitrogens with zero attached hydrogens (tertiary/aromatic N) is 3. The molecule has 6 nitrogen and oxygen atoms in total. The Labute approximate surface area is 186 Å². The summed E-state index contributed by atoms with van der Waals surface area (Å²) in [5, 5.41) is 1.28. The second-order valence-electron chi connectivity index (χ2n) is 7.67. The van der Waals surface area contributed by atoms with Gasteiger partial charge in [-0.1, -0.05) is 35.3 Å². The molecule has 2 heterocycles. The Bertz CT molecular complexity index is 1190. The van der Waals surface area contributed by atoms with Gasteiger partial charge in [0.25, 0.3) is 10.0 Å². The van der Waals surface area contributed by atoms with Crippen LogP contribution in [-0.4, -0.2) is 36.5 Å². The van der Waals surface area contributed by atoms with Gasteiger partial charge >= 0.3 is 0 Å². The highest BCUT2D eigenvalue weighted by Gasteiger charge is 2.27. The molecule has 30 heavy (non-hydrogen) atoms. The third-order valence-electron chi connectivity index (χ3n) is 5.42. The zero-order chi connectivity index (χ0) is 21.6. The van der Waals surface area contributed by atoms with E-state index in [1.54, 1.807) is 36.7 Å². The first-order valence-corrected chi connectivity index (χ1v) is 11.7.